The normalized spacial score (nSPS) is 15.8. The summed E-state index contributed by atoms with van der Waals surface area (Å²) in [6.45, 7) is 0. The number of fused-ring (bicyclic) bond motifs is 1. The van der Waals surface area contributed by atoms with Crippen molar-refractivity contribution in [3.8, 4) is 0 Å². The molecule has 0 aliphatic carbocycles. The van der Waals surface area contributed by atoms with Crippen molar-refractivity contribution >= 4 is 23.3 Å². The minimum atomic E-state index is -1.27. The highest BCUT2D eigenvalue weighted by Gasteiger charge is 2.33. The van der Waals surface area contributed by atoms with Gasteiger partial charge in [-0.15, -0.1) is 0 Å². The number of carboxylic acids is 1. The third-order valence-corrected chi connectivity index (χ3v) is 4.49. The first-order valence-electron chi connectivity index (χ1n) is 8.30. The van der Waals surface area contributed by atoms with Crippen molar-refractivity contribution in [3.63, 3.8) is 0 Å². The lowest BCUT2D eigenvalue weighted by Gasteiger charge is -2.38. The first kappa shape index (κ1) is 16.8. The molecule has 0 saturated carbocycles. The van der Waals surface area contributed by atoms with Gasteiger partial charge in [0.2, 0.25) is 0 Å². The van der Waals surface area contributed by atoms with E-state index in [0.29, 0.717) is 22.5 Å². The van der Waals surface area contributed by atoms with E-state index in [0.717, 1.165) is 0 Å². The largest absolute Gasteiger partial charge is 0.545 e. The Balaban J connectivity index is 1.82. The highest BCUT2D eigenvalue weighted by molar-refractivity contribution is 6.12. The first-order chi connectivity index (χ1) is 13.0. The number of carbonyl (C=O) groups excluding carboxylic acids is 2. The number of hydrogen-bond donors (Lipinski definition) is 1. The molecular formula is C21H14FN2O3-. The Hall–Kier alpha value is -3.67. The van der Waals surface area contributed by atoms with Crippen molar-refractivity contribution in [2.45, 2.75) is 6.17 Å². The van der Waals surface area contributed by atoms with Crippen LogP contribution in [0, 0.1) is 5.82 Å². The summed E-state index contributed by atoms with van der Waals surface area (Å²) < 4.78 is 13.3. The van der Waals surface area contributed by atoms with Crippen LogP contribution in [0.15, 0.2) is 72.8 Å². The van der Waals surface area contributed by atoms with Gasteiger partial charge in [-0.1, -0.05) is 36.4 Å². The Morgan fingerprint density at radius 1 is 0.963 bits per heavy atom. The summed E-state index contributed by atoms with van der Waals surface area (Å²) in [6, 6.07) is 18.9. The molecule has 134 valence electrons. The molecule has 1 atom stereocenters. The molecule has 1 heterocycles. The van der Waals surface area contributed by atoms with Crippen molar-refractivity contribution in [1.82, 2.24) is 0 Å². The van der Waals surface area contributed by atoms with Crippen LogP contribution in [0.1, 0.15) is 32.4 Å². The van der Waals surface area contributed by atoms with E-state index < -0.39 is 18.0 Å². The van der Waals surface area contributed by atoms with Crippen LogP contribution in [-0.2, 0) is 0 Å². The summed E-state index contributed by atoms with van der Waals surface area (Å²) in [6.07, 6.45) is -0.575. The van der Waals surface area contributed by atoms with Crippen LogP contribution in [0.3, 0.4) is 0 Å². The van der Waals surface area contributed by atoms with E-state index in [2.05, 4.69) is 5.32 Å². The summed E-state index contributed by atoms with van der Waals surface area (Å²) in [5.74, 6) is -1.90. The van der Waals surface area contributed by atoms with Gasteiger partial charge in [0.15, 0.2) is 0 Å². The molecule has 6 heteroatoms. The van der Waals surface area contributed by atoms with Crippen molar-refractivity contribution in [2.75, 3.05) is 10.2 Å². The van der Waals surface area contributed by atoms with E-state index in [1.807, 2.05) is 6.07 Å². The number of aromatic carboxylic acids is 1. The number of nitrogens with zero attached hydrogens (tertiary/aromatic N) is 1. The van der Waals surface area contributed by atoms with Crippen molar-refractivity contribution in [1.29, 1.82) is 0 Å². The van der Waals surface area contributed by atoms with Crippen LogP contribution >= 0.6 is 0 Å². The first-order valence-corrected chi connectivity index (χ1v) is 8.30. The second-order valence-electron chi connectivity index (χ2n) is 6.15. The van der Waals surface area contributed by atoms with E-state index in [1.54, 1.807) is 30.3 Å². The predicted octanol–water partition coefficient (Wildman–Crippen LogP) is 2.96. The number of nitrogens with one attached hydrogen (secondary N) is 1. The van der Waals surface area contributed by atoms with E-state index in [-0.39, 0.29) is 11.5 Å². The number of amides is 1. The zero-order valence-corrected chi connectivity index (χ0v) is 14.1. The van der Waals surface area contributed by atoms with E-state index in [4.69, 9.17) is 0 Å². The third kappa shape index (κ3) is 3.01. The topological polar surface area (TPSA) is 72.5 Å². The smallest absolute Gasteiger partial charge is 0.262 e. The Kier molecular flexibility index (Phi) is 4.08. The van der Waals surface area contributed by atoms with Gasteiger partial charge in [0.1, 0.15) is 12.0 Å². The van der Waals surface area contributed by atoms with Gasteiger partial charge in [-0.25, -0.2) is 4.39 Å². The lowest BCUT2D eigenvalue weighted by atomic mass is 10.0. The maximum absolute atomic E-state index is 13.3. The van der Waals surface area contributed by atoms with Gasteiger partial charge in [0.05, 0.1) is 11.5 Å². The number of carboxylic acid groups (broad SMARTS) is 1. The zero-order valence-electron chi connectivity index (χ0n) is 14.1. The number of para-hydroxylation sites is 1. The van der Waals surface area contributed by atoms with Gasteiger partial charge >= 0.3 is 0 Å². The quantitative estimate of drug-likeness (QED) is 0.778. The van der Waals surface area contributed by atoms with Gasteiger partial charge in [0, 0.05) is 11.4 Å². The Labute approximate surface area is 154 Å². The molecule has 4 rings (SSSR count). The molecule has 0 unspecified atom stereocenters. The van der Waals surface area contributed by atoms with E-state index in [9.17, 15) is 19.1 Å². The number of benzene rings is 3. The summed E-state index contributed by atoms with van der Waals surface area (Å²) in [5.41, 5.74) is 2.44. The molecule has 1 aliphatic heterocycles. The van der Waals surface area contributed by atoms with Crippen LogP contribution in [0.5, 0.6) is 0 Å². The summed E-state index contributed by atoms with van der Waals surface area (Å²) in [7, 11) is 0. The molecule has 0 radical (unpaired) electrons. The molecule has 1 aliphatic rings. The second-order valence-corrected chi connectivity index (χ2v) is 6.15. The Bertz CT molecular complexity index is 1020. The number of rotatable bonds is 3. The van der Waals surface area contributed by atoms with Crippen molar-refractivity contribution < 1.29 is 19.1 Å². The summed E-state index contributed by atoms with van der Waals surface area (Å²) in [4.78, 5) is 25.7. The fourth-order valence-electron chi connectivity index (χ4n) is 3.16. The highest BCUT2D eigenvalue weighted by atomic mass is 19.1. The number of anilines is 2. The lowest BCUT2D eigenvalue weighted by molar-refractivity contribution is -0.255. The second kappa shape index (κ2) is 6.57. The molecule has 0 spiro atoms. The Morgan fingerprint density at radius 3 is 2.30 bits per heavy atom. The van der Waals surface area contributed by atoms with E-state index >= 15 is 0 Å². The Morgan fingerprint density at radius 2 is 1.63 bits per heavy atom. The monoisotopic (exact) mass is 361 g/mol. The van der Waals surface area contributed by atoms with Crippen molar-refractivity contribution in [3.05, 3.63) is 95.3 Å². The number of halogens is 1. The molecule has 27 heavy (non-hydrogen) atoms. The molecule has 0 saturated heterocycles. The molecule has 0 fully saturated rings. The number of carbonyl (C=O) groups is 2. The third-order valence-electron chi connectivity index (χ3n) is 4.49. The van der Waals surface area contributed by atoms with Gasteiger partial charge < -0.3 is 15.2 Å². The van der Waals surface area contributed by atoms with Crippen LogP contribution in [0.2, 0.25) is 0 Å². The molecule has 1 N–H and O–H groups in total. The molecule has 1 amide bonds. The molecule has 0 aromatic heterocycles. The van der Waals surface area contributed by atoms with Crippen LogP contribution in [0.4, 0.5) is 15.8 Å². The highest BCUT2D eigenvalue weighted by Crippen LogP contribution is 2.36. The fourth-order valence-corrected chi connectivity index (χ4v) is 3.16. The SMILES string of the molecule is O=C([O-])c1ccc([C@H]2Nc3ccccc3C(=O)N2c2ccc(F)cc2)cc1. The molecule has 5 nitrogen and oxygen atoms in total. The van der Waals surface area contributed by atoms with Crippen molar-refractivity contribution in [2.24, 2.45) is 0 Å². The average molecular weight is 361 g/mol. The molecule has 3 aromatic carbocycles. The maximum atomic E-state index is 13.3. The standard InChI is InChI=1S/C21H15FN2O3/c22-15-9-11-16(12-10-15)24-19(13-5-7-14(8-6-13)21(26)27)23-18-4-2-1-3-17(18)20(24)25/h1-12,19,23H,(H,26,27)/p-1/t19-/m0/s1. The lowest BCUT2D eigenvalue weighted by Crippen LogP contribution is -2.43. The molecule has 0 bridgehead atoms. The van der Waals surface area contributed by atoms with Gasteiger partial charge in [-0.2, -0.15) is 0 Å². The maximum Gasteiger partial charge on any atom is 0.262 e. The molecule has 3 aromatic rings. The number of hydrogen-bond acceptors (Lipinski definition) is 4. The fraction of sp³-hybridized carbons (Fsp3) is 0.0476. The minimum Gasteiger partial charge on any atom is -0.545 e. The minimum absolute atomic E-state index is 0.0506. The van der Waals surface area contributed by atoms with Crippen LogP contribution < -0.4 is 15.3 Å². The average Bonchev–Trinajstić information content (AvgIpc) is 2.69. The van der Waals surface area contributed by atoms with Gasteiger partial charge in [-0.05, 0) is 47.5 Å². The van der Waals surface area contributed by atoms with Gasteiger partial charge in [0.25, 0.3) is 5.91 Å². The zero-order chi connectivity index (χ0) is 19.0. The van der Waals surface area contributed by atoms with Crippen LogP contribution in [-0.4, -0.2) is 11.9 Å². The summed E-state index contributed by atoms with van der Waals surface area (Å²) in [5, 5.41) is 14.3. The summed E-state index contributed by atoms with van der Waals surface area (Å²) >= 11 is 0. The molecular weight excluding hydrogens is 347 g/mol. The predicted molar refractivity (Wildman–Crippen MR) is 96.8 cm³/mol. The van der Waals surface area contributed by atoms with Gasteiger partial charge in [-0.3, -0.25) is 9.69 Å². The van der Waals surface area contributed by atoms with Crippen LogP contribution in [0.25, 0.3) is 0 Å². The van der Waals surface area contributed by atoms with E-state index in [1.165, 1.54) is 41.3 Å².